The molecule has 5 nitrogen and oxygen atoms in total. The van der Waals surface area contributed by atoms with E-state index >= 15 is 0 Å². The lowest BCUT2D eigenvalue weighted by atomic mass is 9.98. The zero-order valence-electron chi connectivity index (χ0n) is 12.2. The number of carbonyl (C=O) groups is 1. The molecule has 0 unspecified atom stereocenters. The van der Waals surface area contributed by atoms with Crippen LogP contribution in [0.5, 0.6) is 0 Å². The summed E-state index contributed by atoms with van der Waals surface area (Å²) in [6.45, 7) is 0. The van der Waals surface area contributed by atoms with Gasteiger partial charge in [0.25, 0.3) is 0 Å². The highest BCUT2D eigenvalue weighted by Crippen LogP contribution is 2.34. The number of fused-ring (bicyclic) bond motifs is 1. The monoisotopic (exact) mass is 307 g/mol. The number of carbonyl (C=O) groups excluding carboxylic acids is 1. The van der Waals surface area contributed by atoms with E-state index in [-0.39, 0.29) is 11.1 Å². The molecule has 0 amide bonds. The molecular weight excluding hydrogens is 290 g/mol. The van der Waals surface area contributed by atoms with Crippen molar-refractivity contribution >= 4 is 32.9 Å². The Morgan fingerprint density at radius 3 is 2.19 bits per heavy atom. The number of benzene rings is 2. The van der Waals surface area contributed by atoms with Gasteiger partial charge in [0.2, 0.25) is 0 Å². The van der Waals surface area contributed by atoms with Crippen molar-refractivity contribution in [1.29, 1.82) is 0 Å². The summed E-state index contributed by atoms with van der Waals surface area (Å²) < 4.78 is 33.8. The molecule has 0 bridgehead atoms. The lowest BCUT2D eigenvalue weighted by molar-refractivity contribution is 0.112. The van der Waals surface area contributed by atoms with Crippen LogP contribution < -0.4 is 4.48 Å². The maximum atomic E-state index is 11.3. The van der Waals surface area contributed by atoms with Crippen molar-refractivity contribution in [3.63, 3.8) is 0 Å². The lowest BCUT2D eigenvalue weighted by Crippen LogP contribution is -2.35. The molecule has 2 rings (SSSR count). The standard InChI is InChI=1S/C15H17NO4S/c1-16(2,3)15-8-11(9-17)14(10-21(18,19)20)12-6-4-5-7-13(12)15/h4-9H,10H2,1-3H3. The van der Waals surface area contributed by atoms with Crippen LogP contribution in [0.4, 0.5) is 5.69 Å². The first kappa shape index (κ1) is 15.6. The Bertz CT molecular complexity index is 804. The van der Waals surface area contributed by atoms with Gasteiger partial charge in [-0.3, -0.25) is 9.28 Å². The average Bonchev–Trinajstić information content (AvgIpc) is 2.36. The van der Waals surface area contributed by atoms with Crippen LogP contribution in [0.2, 0.25) is 0 Å². The molecule has 2 aromatic carbocycles. The maximum Gasteiger partial charge on any atom is 0.150 e. The Morgan fingerprint density at radius 1 is 1.14 bits per heavy atom. The predicted octanol–water partition coefficient (Wildman–Crippen LogP) is 1.89. The van der Waals surface area contributed by atoms with E-state index in [1.807, 2.05) is 33.3 Å². The third-order valence-corrected chi connectivity index (χ3v) is 3.98. The summed E-state index contributed by atoms with van der Waals surface area (Å²) in [6.07, 6.45) is 0.603. The van der Waals surface area contributed by atoms with E-state index in [1.165, 1.54) is 0 Å². The van der Waals surface area contributed by atoms with Crippen molar-refractivity contribution in [2.75, 3.05) is 21.1 Å². The first-order chi connectivity index (χ1) is 9.63. The minimum atomic E-state index is -4.46. The molecule has 0 aliphatic carbocycles. The SMILES string of the molecule is C[N+](C)(C)c1cc(C=O)c(CS(=O)(=O)[O-])c2ccccc12. The molecule has 21 heavy (non-hydrogen) atoms. The van der Waals surface area contributed by atoms with Gasteiger partial charge in [0.15, 0.2) is 6.29 Å². The Hall–Kier alpha value is -1.76. The summed E-state index contributed by atoms with van der Waals surface area (Å²) >= 11 is 0. The van der Waals surface area contributed by atoms with Gasteiger partial charge in [-0.25, -0.2) is 8.42 Å². The Balaban J connectivity index is 2.90. The summed E-state index contributed by atoms with van der Waals surface area (Å²) in [4.78, 5) is 11.3. The van der Waals surface area contributed by atoms with Crippen LogP contribution in [-0.4, -0.2) is 40.4 Å². The molecule has 0 aliphatic heterocycles. The van der Waals surface area contributed by atoms with E-state index < -0.39 is 15.9 Å². The fraction of sp³-hybridized carbons (Fsp3) is 0.267. The van der Waals surface area contributed by atoms with E-state index in [2.05, 4.69) is 0 Å². The Kier molecular flexibility index (Phi) is 3.88. The molecule has 0 radical (unpaired) electrons. The van der Waals surface area contributed by atoms with E-state index in [0.717, 1.165) is 11.1 Å². The molecule has 0 atom stereocenters. The summed E-state index contributed by atoms with van der Waals surface area (Å²) in [7, 11) is 1.41. The number of aldehydes is 1. The normalized spacial score (nSPS) is 12.6. The smallest absolute Gasteiger partial charge is 0.150 e. The fourth-order valence-electron chi connectivity index (χ4n) is 2.44. The Labute approximate surface area is 124 Å². The van der Waals surface area contributed by atoms with Gasteiger partial charge in [0, 0.05) is 17.0 Å². The fourth-order valence-corrected chi connectivity index (χ4v) is 3.11. The number of quaternary nitrogens is 1. The van der Waals surface area contributed by atoms with Crippen molar-refractivity contribution < 1.29 is 17.8 Å². The molecular formula is C15H17NO4S. The molecule has 2 aromatic rings. The van der Waals surface area contributed by atoms with Gasteiger partial charge in [-0.15, -0.1) is 0 Å². The zero-order chi connectivity index (χ0) is 15.8. The molecule has 6 heteroatoms. The minimum Gasteiger partial charge on any atom is -0.748 e. The summed E-state index contributed by atoms with van der Waals surface area (Å²) in [5.41, 5.74) is 1.41. The van der Waals surface area contributed by atoms with Crippen LogP contribution in [-0.2, 0) is 15.9 Å². The number of hydrogen-bond acceptors (Lipinski definition) is 4. The zero-order valence-corrected chi connectivity index (χ0v) is 13.0. The molecule has 0 saturated heterocycles. The molecule has 0 heterocycles. The second-order valence-electron chi connectivity index (χ2n) is 5.84. The number of nitrogens with zero attached hydrogens (tertiary/aromatic N) is 1. The van der Waals surface area contributed by atoms with Crippen molar-refractivity contribution in [2.24, 2.45) is 0 Å². The predicted molar refractivity (Wildman–Crippen MR) is 82.3 cm³/mol. The van der Waals surface area contributed by atoms with Gasteiger partial charge in [-0.2, -0.15) is 0 Å². The van der Waals surface area contributed by atoms with Crippen molar-refractivity contribution in [2.45, 2.75) is 5.75 Å². The van der Waals surface area contributed by atoms with Crippen LogP contribution >= 0.6 is 0 Å². The van der Waals surface area contributed by atoms with Crippen molar-refractivity contribution in [3.8, 4) is 0 Å². The molecule has 0 saturated carbocycles. The van der Waals surface area contributed by atoms with Crippen LogP contribution in [0, 0.1) is 0 Å². The third-order valence-electron chi connectivity index (χ3n) is 3.34. The summed E-state index contributed by atoms with van der Waals surface area (Å²) in [5, 5.41) is 1.47. The second-order valence-corrected chi connectivity index (χ2v) is 7.25. The summed E-state index contributed by atoms with van der Waals surface area (Å²) in [5.74, 6) is -0.682. The van der Waals surface area contributed by atoms with Gasteiger partial charge in [-0.1, -0.05) is 18.2 Å². The van der Waals surface area contributed by atoms with Gasteiger partial charge in [-0.05, 0) is 17.0 Å². The average molecular weight is 307 g/mol. The van der Waals surface area contributed by atoms with Crippen molar-refractivity contribution in [1.82, 2.24) is 4.48 Å². The highest BCUT2D eigenvalue weighted by atomic mass is 32.2. The van der Waals surface area contributed by atoms with E-state index in [1.54, 1.807) is 18.2 Å². The molecule has 0 fully saturated rings. The molecule has 0 aromatic heterocycles. The highest BCUT2D eigenvalue weighted by molar-refractivity contribution is 7.84. The van der Waals surface area contributed by atoms with Crippen LogP contribution in [0.1, 0.15) is 15.9 Å². The molecule has 112 valence electrons. The van der Waals surface area contributed by atoms with Gasteiger partial charge < -0.3 is 4.55 Å². The number of hydrogen-bond donors (Lipinski definition) is 0. The molecule has 0 aliphatic rings. The van der Waals surface area contributed by atoms with E-state index in [0.29, 0.717) is 16.2 Å². The van der Waals surface area contributed by atoms with E-state index in [4.69, 9.17) is 0 Å². The van der Waals surface area contributed by atoms with Gasteiger partial charge >= 0.3 is 0 Å². The Morgan fingerprint density at radius 2 is 1.71 bits per heavy atom. The molecule has 0 N–H and O–H groups in total. The van der Waals surface area contributed by atoms with E-state index in [9.17, 15) is 17.8 Å². The van der Waals surface area contributed by atoms with Gasteiger partial charge in [0.05, 0.1) is 37.0 Å². The third kappa shape index (κ3) is 3.29. The van der Waals surface area contributed by atoms with Crippen molar-refractivity contribution in [3.05, 3.63) is 41.5 Å². The van der Waals surface area contributed by atoms with Crippen LogP contribution in [0.15, 0.2) is 30.3 Å². The van der Waals surface area contributed by atoms with Crippen LogP contribution in [0.3, 0.4) is 0 Å². The quantitative estimate of drug-likeness (QED) is 0.491. The maximum absolute atomic E-state index is 11.3. The largest absolute Gasteiger partial charge is 0.748 e. The lowest BCUT2D eigenvalue weighted by Gasteiger charge is -2.26. The number of rotatable bonds is 4. The first-order valence-corrected chi connectivity index (χ1v) is 7.96. The topological polar surface area (TPSA) is 74.3 Å². The van der Waals surface area contributed by atoms with Crippen LogP contribution in [0.25, 0.3) is 10.8 Å². The molecule has 0 spiro atoms. The highest BCUT2D eigenvalue weighted by Gasteiger charge is 2.21. The van der Waals surface area contributed by atoms with Gasteiger partial charge in [0.1, 0.15) is 5.69 Å². The second kappa shape index (κ2) is 5.22. The first-order valence-electron chi connectivity index (χ1n) is 6.39. The minimum absolute atomic E-state index is 0.246. The summed E-state index contributed by atoms with van der Waals surface area (Å²) in [6, 6.07) is 8.87.